The Balaban J connectivity index is 1.04. The molecule has 1 amide bonds. The fraction of sp³-hybridized carbons (Fsp3) is 0.286. The van der Waals surface area contributed by atoms with Gasteiger partial charge in [0.25, 0.3) is 0 Å². The van der Waals surface area contributed by atoms with Gasteiger partial charge in [-0.05, 0) is 54.5 Å². The molecule has 8 nitrogen and oxygen atoms in total. The van der Waals surface area contributed by atoms with E-state index < -0.39 is 11.9 Å². The van der Waals surface area contributed by atoms with Gasteiger partial charge >= 0.3 is 12.3 Å². The molecule has 5 aromatic rings. The van der Waals surface area contributed by atoms with Crippen LogP contribution in [0.25, 0.3) is 33.6 Å². The maximum absolute atomic E-state index is 13.9. The standard InChI is InChI=1S/C35H33F3N6O2/c36-35(37,38)31-30(42-32(43-31)27-8-4-18-39-27)26-16-12-24(13-17-26)23-10-14-25(15-11-23)28-20-40-33(41-28)29-9-5-19-44(29)34(45)46-21-22-6-2-1-3-7-22/h1-3,6-7,10-17,20,27,29,39H,4-5,8-9,18-19,21H2,(H,40,41)(H,42,43)/t27-,29?/m0/s1. The molecule has 0 radical (unpaired) electrons. The summed E-state index contributed by atoms with van der Waals surface area (Å²) in [5, 5.41) is 3.21. The van der Waals surface area contributed by atoms with E-state index in [0.717, 1.165) is 60.2 Å². The number of amides is 1. The van der Waals surface area contributed by atoms with Crippen LogP contribution in [0.4, 0.5) is 18.0 Å². The van der Waals surface area contributed by atoms with Crippen molar-refractivity contribution in [2.24, 2.45) is 0 Å². The second kappa shape index (κ2) is 12.5. The van der Waals surface area contributed by atoms with Crippen LogP contribution >= 0.6 is 0 Å². The number of benzene rings is 3. The Morgan fingerprint density at radius 2 is 1.54 bits per heavy atom. The Hall–Kier alpha value is -4.90. The van der Waals surface area contributed by atoms with Crippen LogP contribution in [0.1, 0.15) is 60.7 Å². The number of nitrogens with one attached hydrogen (secondary N) is 3. The van der Waals surface area contributed by atoms with E-state index in [-0.39, 0.29) is 30.5 Å². The number of H-pyrrole nitrogens is 2. The lowest BCUT2D eigenvalue weighted by Gasteiger charge is -2.22. The van der Waals surface area contributed by atoms with Crippen molar-refractivity contribution in [3.05, 3.63) is 108 Å². The molecule has 11 heteroatoms. The van der Waals surface area contributed by atoms with Gasteiger partial charge in [-0.1, -0.05) is 78.9 Å². The van der Waals surface area contributed by atoms with Gasteiger partial charge in [0.05, 0.1) is 24.0 Å². The quantitative estimate of drug-likeness (QED) is 0.170. The van der Waals surface area contributed by atoms with E-state index in [4.69, 9.17) is 4.74 Å². The van der Waals surface area contributed by atoms with Gasteiger partial charge in [0.2, 0.25) is 0 Å². The number of halogens is 3. The average Bonchev–Trinajstić information content (AvgIpc) is 3.90. The maximum atomic E-state index is 13.9. The lowest BCUT2D eigenvalue weighted by Crippen LogP contribution is -2.31. The summed E-state index contributed by atoms with van der Waals surface area (Å²) < 4.78 is 47.2. The molecule has 2 aliphatic heterocycles. The van der Waals surface area contributed by atoms with Crippen molar-refractivity contribution in [3.8, 4) is 33.6 Å². The third kappa shape index (κ3) is 6.15. The number of rotatable bonds is 7. The molecular weight excluding hydrogens is 593 g/mol. The van der Waals surface area contributed by atoms with Crippen molar-refractivity contribution in [2.75, 3.05) is 13.1 Å². The van der Waals surface area contributed by atoms with Crippen LogP contribution in [-0.4, -0.2) is 44.0 Å². The second-order valence-electron chi connectivity index (χ2n) is 11.7. The van der Waals surface area contributed by atoms with E-state index in [9.17, 15) is 18.0 Å². The van der Waals surface area contributed by atoms with Gasteiger partial charge in [-0.15, -0.1) is 0 Å². The third-order valence-corrected chi connectivity index (χ3v) is 8.69. The SMILES string of the molecule is O=C(OCc1ccccc1)N1CCCC1c1ncc(-c2ccc(-c3ccc(-c4nc([C@@H]5CCCN5)[nH]c4C(F)(F)F)cc3)cc2)[nH]1. The highest BCUT2D eigenvalue weighted by molar-refractivity contribution is 5.72. The molecule has 0 bridgehead atoms. The van der Waals surface area contributed by atoms with E-state index in [1.165, 1.54) is 0 Å². The zero-order chi connectivity index (χ0) is 31.7. The highest BCUT2D eigenvalue weighted by atomic mass is 19.4. The Morgan fingerprint density at radius 1 is 0.848 bits per heavy atom. The van der Waals surface area contributed by atoms with Gasteiger partial charge in [-0.2, -0.15) is 13.2 Å². The molecule has 2 saturated heterocycles. The number of aromatic nitrogens is 4. The summed E-state index contributed by atoms with van der Waals surface area (Å²) in [6.45, 7) is 1.60. The Bertz CT molecular complexity index is 1790. The number of ether oxygens (including phenoxy) is 1. The molecule has 2 atom stereocenters. The molecule has 0 saturated carbocycles. The van der Waals surface area contributed by atoms with Crippen LogP contribution in [0, 0.1) is 0 Å². The number of alkyl halides is 3. The van der Waals surface area contributed by atoms with E-state index >= 15 is 0 Å². The van der Waals surface area contributed by atoms with Gasteiger partial charge in [0.15, 0.2) is 0 Å². The minimum absolute atomic E-state index is 0.0848. The van der Waals surface area contributed by atoms with E-state index in [0.29, 0.717) is 23.8 Å². The smallest absolute Gasteiger partial charge is 0.433 e. The number of carbonyl (C=O) groups excluding carboxylic acids is 1. The zero-order valence-corrected chi connectivity index (χ0v) is 25.0. The summed E-state index contributed by atoms with van der Waals surface area (Å²) in [6, 6.07) is 24.1. The predicted molar refractivity (Wildman–Crippen MR) is 167 cm³/mol. The van der Waals surface area contributed by atoms with Gasteiger partial charge < -0.3 is 20.0 Å². The van der Waals surface area contributed by atoms with Crippen LogP contribution in [0.15, 0.2) is 85.1 Å². The Labute approximate surface area is 264 Å². The number of hydrogen-bond acceptors (Lipinski definition) is 5. The maximum Gasteiger partial charge on any atom is 0.433 e. The number of likely N-dealkylation sites (tertiary alicyclic amines) is 1. The monoisotopic (exact) mass is 626 g/mol. The molecule has 2 fully saturated rings. The summed E-state index contributed by atoms with van der Waals surface area (Å²) in [5.41, 5.74) is 3.98. The Kier molecular flexibility index (Phi) is 8.08. The third-order valence-electron chi connectivity index (χ3n) is 8.69. The fourth-order valence-electron chi connectivity index (χ4n) is 6.28. The summed E-state index contributed by atoms with van der Waals surface area (Å²) in [5.74, 6) is 1.04. The lowest BCUT2D eigenvalue weighted by atomic mass is 10.0. The van der Waals surface area contributed by atoms with Crippen LogP contribution in [0.3, 0.4) is 0 Å². The summed E-state index contributed by atoms with van der Waals surface area (Å²) in [4.78, 5) is 29.5. The van der Waals surface area contributed by atoms with E-state index in [1.807, 2.05) is 66.7 Å². The van der Waals surface area contributed by atoms with Crippen molar-refractivity contribution in [3.63, 3.8) is 0 Å². The molecule has 2 aromatic heterocycles. The molecule has 236 valence electrons. The molecule has 46 heavy (non-hydrogen) atoms. The summed E-state index contributed by atoms with van der Waals surface area (Å²) >= 11 is 0. The molecular formula is C35H33F3N6O2. The van der Waals surface area contributed by atoms with Gasteiger partial charge in [0, 0.05) is 12.1 Å². The normalized spacial score (nSPS) is 18.3. The number of nitrogens with zero attached hydrogens (tertiary/aromatic N) is 3. The fourth-order valence-corrected chi connectivity index (χ4v) is 6.28. The van der Waals surface area contributed by atoms with Crippen LogP contribution in [0.5, 0.6) is 0 Å². The molecule has 3 N–H and O–H groups in total. The average molecular weight is 627 g/mol. The molecule has 3 aromatic carbocycles. The predicted octanol–water partition coefficient (Wildman–Crippen LogP) is 8.05. The first-order chi connectivity index (χ1) is 22.3. The molecule has 7 rings (SSSR count). The molecule has 0 spiro atoms. The number of hydrogen-bond donors (Lipinski definition) is 3. The van der Waals surface area contributed by atoms with Crippen molar-refractivity contribution in [2.45, 2.75) is 50.6 Å². The first kappa shape index (κ1) is 29.8. The Morgan fingerprint density at radius 3 is 2.22 bits per heavy atom. The summed E-state index contributed by atoms with van der Waals surface area (Å²) in [6.07, 6.45) is 0.191. The molecule has 4 heterocycles. The largest absolute Gasteiger partial charge is 0.445 e. The minimum atomic E-state index is -4.54. The highest BCUT2D eigenvalue weighted by Gasteiger charge is 2.38. The zero-order valence-electron chi connectivity index (χ0n) is 25.0. The number of imidazole rings is 2. The van der Waals surface area contributed by atoms with Crippen molar-refractivity contribution >= 4 is 6.09 Å². The second-order valence-corrected chi connectivity index (χ2v) is 11.7. The first-order valence-electron chi connectivity index (χ1n) is 15.5. The van der Waals surface area contributed by atoms with Crippen molar-refractivity contribution < 1.29 is 22.7 Å². The molecule has 0 aliphatic carbocycles. The van der Waals surface area contributed by atoms with Crippen LogP contribution in [-0.2, 0) is 17.5 Å². The number of aromatic amines is 2. The van der Waals surface area contributed by atoms with Gasteiger partial charge in [0.1, 0.15) is 29.6 Å². The van der Waals surface area contributed by atoms with Crippen molar-refractivity contribution in [1.29, 1.82) is 0 Å². The highest BCUT2D eigenvalue weighted by Crippen LogP contribution is 2.38. The molecule has 2 aliphatic rings. The van der Waals surface area contributed by atoms with Gasteiger partial charge in [-0.25, -0.2) is 14.8 Å². The topological polar surface area (TPSA) is 98.9 Å². The van der Waals surface area contributed by atoms with Crippen LogP contribution in [0.2, 0.25) is 0 Å². The van der Waals surface area contributed by atoms with Crippen LogP contribution < -0.4 is 5.32 Å². The van der Waals surface area contributed by atoms with Crippen molar-refractivity contribution in [1.82, 2.24) is 30.2 Å². The summed E-state index contributed by atoms with van der Waals surface area (Å²) in [7, 11) is 0. The first-order valence-corrected chi connectivity index (χ1v) is 15.5. The van der Waals surface area contributed by atoms with Gasteiger partial charge in [-0.3, -0.25) is 4.90 Å². The molecule has 1 unspecified atom stereocenters. The minimum Gasteiger partial charge on any atom is -0.445 e. The number of carbonyl (C=O) groups is 1. The van der Waals surface area contributed by atoms with E-state index in [2.05, 4.69) is 25.3 Å². The van der Waals surface area contributed by atoms with E-state index in [1.54, 1.807) is 23.2 Å². The lowest BCUT2D eigenvalue weighted by molar-refractivity contribution is -0.140.